The standard InChI is InChI=1S/C21H35N3O3SSi/c1-15-12-11-13-17(16(15)2)21(6,25)18-14-24(28(26,27)23(7)8)19(22-18)29(9,10)20(3,4)5/h11-14,25H,1-10H3/i2D3. The van der Waals surface area contributed by atoms with E-state index in [1.165, 1.54) is 27.2 Å². The number of aromatic nitrogens is 2. The van der Waals surface area contributed by atoms with Crippen LogP contribution < -0.4 is 5.45 Å². The van der Waals surface area contributed by atoms with Crippen molar-refractivity contribution in [1.29, 1.82) is 0 Å². The minimum absolute atomic E-state index is 0.0453. The molecule has 2 aromatic rings. The monoisotopic (exact) mass is 440 g/mol. The molecule has 0 spiro atoms. The van der Waals surface area contributed by atoms with Gasteiger partial charge in [-0.15, -0.1) is 0 Å². The molecule has 0 aliphatic carbocycles. The lowest BCUT2D eigenvalue weighted by Gasteiger charge is -2.36. The summed E-state index contributed by atoms with van der Waals surface area (Å²) in [7, 11) is -3.52. The van der Waals surface area contributed by atoms with Crippen LogP contribution >= 0.6 is 0 Å². The van der Waals surface area contributed by atoms with Crippen LogP contribution in [0.15, 0.2) is 24.4 Å². The van der Waals surface area contributed by atoms with Gasteiger partial charge in [-0.2, -0.15) is 12.7 Å². The van der Waals surface area contributed by atoms with Crippen LogP contribution in [0.4, 0.5) is 0 Å². The van der Waals surface area contributed by atoms with E-state index in [0.29, 0.717) is 11.0 Å². The Morgan fingerprint density at radius 1 is 1.21 bits per heavy atom. The number of aliphatic hydroxyl groups is 1. The Morgan fingerprint density at radius 2 is 1.79 bits per heavy atom. The van der Waals surface area contributed by atoms with E-state index in [1.54, 1.807) is 25.1 Å². The fourth-order valence-corrected chi connectivity index (χ4v) is 6.47. The minimum Gasteiger partial charge on any atom is -0.379 e. The van der Waals surface area contributed by atoms with Crippen molar-refractivity contribution in [2.75, 3.05) is 14.1 Å². The van der Waals surface area contributed by atoms with E-state index < -0.39 is 30.7 Å². The van der Waals surface area contributed by atoms with Crippen molar-refractivity contribution in [3.05, 3.63) is 46.8 Å². The molecule has 8 heteroatoms. The summed E-state index contributed by atoms with van der Waals surface area (Å²) in [6.07, 6.45) is 1.33. The molecule has 0 aliphatic rings. The second kappa shape index (κ2) is 7.33. The van der Waals surface area contributed by atoms with Crippen LogP contribution in [0.5, 0.6) is 0 Å². The summed E-state index contributed by atoms with van der Waals surface area (Å²) >= 11 is 0. The lowest BCUT2D eigenvalue weighted by molar-refractivity contribution is 0.0972. The fraction of sp³-hybridized carbons (Fsp3) is 0.571. The van der Waals surface area contributed by atoms with Crippen LogP contribution in [0.25, 0.3) is 0 Å². The zero-order valence-electron chi connectivity index (χ0n) is 21.8. The number of rotatable bonds is 5. The summed E-state index contributed by atoms with van der Waals surface area (Å²) in [5, 5.41) is 11.4. The van der Waals surface area contributed by atoms with Gasteiger partial charge in [0.05, 0.1) is 5.69 Å². The maximum absolute atomic E-state index is 13.2. The van der Waals surface area contributed by atoms with Gasteiger partial charge in [0.2, 0.25) is 0 Å². The zero-order valence-corrected chi connectivity index (χ0v) is 20.6. The first-order chi connectivity index (χ1) is 14.2. The van der Waals surface area contributed by atoms with Gasteiger partial charge in [-0.1, -0.05) is 52.1 Å². The maximum atomic E-state index is 13.2. The summed E-state index contributed by atoms with van der Waals surface area (Å²) in [5.74, 6) is 0. The van der Waals surface area contributed by atoms with Crippen molar-refractivity contribution >= 4 is 23.7 Å². The Labute approximate surface area is 181 Å². The van der Waals surface area contributed by atoms with Crippen LogP contribution in [0.3, 0.4) is 0 Å². The predicted molar refractivity (Wildman–Crippen MR) is 122 cm³/mol. The van der Waals surface area contributed by atoms with E-state index in [0.717, 1.165) is 8.28 Å². The Bertz CT molecular complexity index is 1120. The number of nitrogens with zero attached hydrogens (tertiary/aromatic N) is 3. The first-order valence-corrected chi connectivity index (χ1v) is 13.9. The number of hydrogen-bond acceptors (Lipinski definition) is 4. The Kier molecular flexibility index (Phi) is 4.93. The van der Waals surface area contributed by atoms with E-state index in [1.807, 2.05) is 33.9 Å². The molecule has 1 unspecified atom stereocenters. The van der Waals surface area contributed by atoms with Gasteiger partial charge in [-0.05, 0) is 42.4 Å². The molecular formula is C21H35N3O3SSi. The molecule has 29 heavy (non-hydrogen) atoms. The molecule has 2 rings (SSSR count). The largest absolute Gasteiger partial charge is 0.379 e. The molecule has 6 nitrogen and oxygen atoms in total. The summed E-state index contributed by atoms with van der Waals surface area (Å²) in [4.78, 5) is 4.68. The lowest BCUT2D eigenvalue weighted by atomic mass is 9.88. The van der Waals surface area contributed by atoms with Gasteiger partial charge in [0.15, 0.2) is 0 Å². The molecular weight excluding hydrogens is 402 g/mol. The van der Waals surface area contributed by atoms with Gasteiger partial charge < -0.3 is 5.11 Å². The highest BCUT2D eigenvalue weighted by Gasteiger charge is 2.44. The summed E-state index contributed by atoms with van der Waals surface area (Å²) in [6, 6.07) is 4.91. The normalized spacial score (nSPS) is 17.6. The zero-order chi connectivity index (χ0) is 25.1. The molecule has 1 heterocycles. The molecule has 1 aromatic heterocycles. The second-order valence-electron chi connectivity index (χ2n) is 9.48. The van der Waals surface area contributed by atoms with E-state index >= 15 is 0 Å². The molecule has 1 N–H and O–H groups in total. The molecule has 0 radical (unpaired) electrons. The van der Waals surface area contributed by atoms with Crippen molar-refractivity contribution in [3.8, 4) is 0 Å². The van der Waals surface area contributed by atoms with E-state index in [9.17, 15) is 13.5 Å². The summed E-state index contributed by atoms with van der Waals surface area (Å²) < 4.78 is 52.6. The highest BCUT2D eigenvalue weighted by atomic mass is 32.2. The quantitative estimate of drug-likeness (QED) is 0.725. The van der Waals surface area contributed by atoms with Gasteiger partial charge in [-0.25, -0.2) is 8.96 Å². The van der Waals surface area contributed by atoms with Crippen LogP contribution in [-0.2, 0) is 15.8 Å². The van der Waals surface area contributed by atoms with E-state index in [2.05, 4.69) is 4.98 Å². The third-order valence-electron chi connectivity index (χ3n) is 6.11. The van der Waals surface area contributed by atoms with E-state index in [4.69, 9.17) is 4.11 Å². The molecule has 1 atom stereocenters. The summed E-state index contributed by atoms with van der Waals surface area (Å²) in [6.45, 7) is 10.9. The highest BCUT2D eigenvalue weighted by molar-refractivity contribution is 7.87. The van der Waals surface area contributed by atoms with E-state index in [-0.39, 0.29) is 21.9 Å². The third kappa shape index (κ3) is 3.95. The fourth-order valence-electron chi connectivity index (χ4n) is 2.91. The number of aryl methyl sites for hydroxylation is 1. The first kappa shape index (κ1) is 19.5. The average molecular weight is 441 g/mol. The molecule has 0 saturated heterocycles. The SMILES string of the molecule is [2H]C([2H])([2H])c1c(C)cccc1C(C)(O)c1cn(S(=O)(=O)N(C)C)c([Si](C)(C)C(C)(C)C)n1. The minimum atomic E-state index is -3.92. The molecule has 0 fully saturated rings. The van der Waals surface area contributed by atoms with Gasteiger partial charge >= 0.3 is 10.2 Å². The van der Waals surface area contributed by atoms with Crippen LogP contribution in [-0.4, -0.2) is 49.0 Å². The number of benzene rings is 1. The molecule has 0 aliphatic heterocycles. The van der Waals surface area contributed by atoms with Crippen molar-refractivity contribution in [1.82, 2.24) is 13.3 Å². The van der Waals surface area contributed by atoms with Crippen molar-refractivity contribution in [2.45, 2.75) is 65.2 Å². The van der Waals surface area contributed by atoms with Crippen LogP contribution in [0, 0.1) is 13.8 Å². The lowest BCUT2D eigenvalue weighted by Crippen LogP contribution is -2.56. The van der Waals surface area contributed by atoms with Crippen molar-refractivity contribution < 1.29 is 17.6 Å². The Hall–Kier alpha value is -1.48. The molecule has 0 amide bonds. The van der Waals surface area contributed by atoms with Gasteiger partial charge in [-0.3, -0.25) is 0 Å². The van der Waals surface area contributed by atoms with Crippen LogP contribution in [0.2, 0.25) is 18.1 Å². The summed E-state index contributed by atoms with van der Waals surface area (Å²) in [5.41, 5.74) is -0.571. The van der Waals surface area contributed by atoms with Gasteiger partial charge in [0, 0.05) is 24.4 Å². The first-order valence-electron chi connectivity index (χ1n) is 11.0. The predicted octanol–water partition coefficient (Wildman–Crippen LogP) is 3.13. The molecule has 0 bridgehead atoms. The maximum Gasteiger partial charge on any atom is 0.308 e. The highest BCUT2D eigenvalue weighted by Crippen LogP contribution is 2.37. The third-order valence-corrected chi connectivity index (χ3v) is 13.2. The molecule has 162 valence electrons. The molecule has 0 saturated carbocycles. The van der Waals surface area contributed by atoms with Crippen LogP contribution in [0.1, 0.15) is 54.2 Å². The van der Waals surface area contributed by atoms with Gasteiger partial charge in [0.1, 0.15) is 19.1 Å². The van der Waals surface area contributed by atoms with Crippen molar-refractivity contribution in [3.63, 3.8) is 0 Å². The topological polar surface area (TPSA) is 75.4 Å². The Balaban J connectivity index is 2.91. The number of hydrogen-bond donors (Lipinski definition) is 1. The number of imidazole rings is 1. The van der Waals surface area contributed by atoms with Gasteiger partial charge in [0.25, 0.3) is 0 Å². The smallest absolute Gasteiger partial charge is 0.308 e. The van der Waals surface area contributed by atoms with Crippen molar-refractivity contribution in [2.24, 2.45) is 0 Å². The molecule has 1 aromatic carbocycles. The second-order valence-corrected chi connectivity index (χ2v) is 16.7. The Morgan fingerprint density at radius 3 is 2.28 bits per heavy atom. The average Bonchev–Trinajstić information content (AvgIpc) is 3.06.